The molecule has 0 radical (unpaired) electrons. The van der Waals surface area contributed by atoms with E-state index in [1.165, 1.54) is 16.0 Å². The predicted molar refractivity (Wildman–Crippen MR) is 59.4 cm³/mol. The van der Waals surface area contributed by atoms with Crippen LogP contribution in [0.3, 0.4) is 0 Å². The lowest BCUT2D eigenvalue weighted by atomic mass is 10.1. The second-order valence-electron chi connectivity index (χ2n) is 3.00. The molecule has 3 heteroatoms. The van der Waals surface area contributed by atoms with Crippen LogP contribution in [0, 0.1) is 6.92 Å². The standard InChI is InChI=1S/C10H11NS2/c1-7-2-5-13-10(7)9(11)8-3-4-12-6-8/h2-6,9H,11H2,1H3/t9-/m1/s1. The van der Waals surface area contributed by atoms with Crippen molar-refractivity contribution in [3.05, 3.63) is 44.3 Å². The minimum absolute atomic E-state index is 0.0613. The predicted octanol–water partition coefficient (Wildman–Crippen LogP) is 3.17. The van der Waals surface area contributed by atoms with Crippen molar-refractivity contribution in [3.8, 4) is 0 Å². The Morgan fingerprint density at radius 1 is 1.31 bits per heavy atom. The van der Waals surface area contributed by atoms with Crippen LogP contribution < -0.4 is 5.73 Å². The van der Waals surface area contributed by atoms with Gasteiger partial charge in [-0.1, -0.05) is 0 Å². The van der Waals surface area contributed by atoms with Crippen LogP contribution in [0.4, 0.5) is 0 Å². The number of hydrogen-bond acceptors (Lipinski definition) is 3. The van der Waals surface area contributed by atoms with Crippen LogP contribution in [0.2, 0.25) is 0 Å². The zero-order chi connectivity index (χ0) is 9.26. The van der Waals surface area contributed by atoms with E-state index in [4.69, 9.17) is 5.73 Å². The van der Waals surface area contributed by atoms with E-state index in [-0.39, 0.29) is 6.04 Å². The van der Waals surface area contributed by atoms with E-state index in [0.29, 0.717) is 0 Å². The number of thiophene rings is 2. The van der Waals surface area contributed by atoms with Crippen molar-refractivity contribution in [2.45, 2.75) is 13.0 Å². The molecule has 2 heterocycles. The van der Waals surface area contributed by atoms with Crippen LogP contribution in [0.1, 0.15) is 22.0 Å². The summed E-state index contributed by atoms with van der Waals surface area (Å²) >= 11 is 3.43. The first-order chi connectivity index (χ1) is 6.29. The molecule has 1 nitrogen and oxygen atoms in total. The molecule has 2 N–H and O–H groups in total. The molecule has 2 aromatic rings. The van der Waals surface area contributed by atoms with Crippen molar-refractivity contribution < 1.29 is 0 Å². The fourth-order valence-electron chi connectivity index (χ4n) is 1.31. The maximum atomic E-state index is 6.12. The lowest BCUT2D eigenvalue weighted by Crippen LogP contribution is -2.09. The van der Waals surface area contributed by atoms with Crippen LogP contribution >= 0.6 is 22.7 Å². The van der Waals surface area contributed by atoms with E-state index in [2.05, 4.69) is 35.2 Å². The van der Waals surface area contributed by atoms with Crippen molar-refractivity contribution in [1.82, 2.24) is 0 Å². The highest BCUT2D eigenvalue weighted by Gasteiger charge is 2.12. The Labute approximate surface area is 85.8 Å². The molecule has 0 unspecified atom stereocenters. The Balaban J connectivity index is 2.33. The molecule has 0 fully saturated rings. The summed E-state index contributed by atoms with van der Waals surface area (Å²) in [5, 5.41) is 6.28. The lowest BCUT2D eigenvalue weighted by Gasteiger charge is -2.08. The highest BCUT2D eigenvalue weighted by atomic mass is 32.1. The molecule has 1 atom stereocenters. The zero-order valence-corrected chi connectivity index (χ0v) is 8.99. The number of rotatable bonds is 2. The SMILES string of the molecule is Cc1ccsc1[C@H](N)c1ccsc1. The maximum Gasteiger partial charge on any atom is 0.0656 e. The third kappa shape index (κ3) is 1.68. The van der Waals surface area contributed by atoms with E-state index >= 15 is 0 Å². The average Bonchev–Trinajstić information content (AvgIpc) is 2.72. The normalized spacial score (nSPS) is 13.1. The summed E-state index contributed by atoms with van der Waals surface area (Å²) in [7, 11) is 0. The van der Waals surface area contributed by atoms with Gasteiger partial charge < -0.3 is 5.73 Å². The Bertz CT molecular complexity index is 375. The molecule has 68 valence electrons. The van der Waals surface area contributed by atoms with Crippen LogP contribution in [0.5, 0.6) is 0 Å². The summed E-state index contributed by atoms with van der Waals surface area (Å²) in [6.07, 6.45) is 0. The highest BCUT2D eigenvalue weighted by Crippen LogP contribution is 2.28. The maximum absolute atomic E-state index is 6.12. The number of hydrogen-bond donors (Lipinski definition) is 1. The third-order valence-corrected chi connectivity index (χ3v) is 3.89. The van der Waals surface area contributed by atoms with Crippen LogP contribution in [0.15, 0.2) is 28.3 Å². The molecule has 13 heavy (non-hydrogen) atoms. The van der Waals surface area contributed by atoms with Crippen molar-refractivity contribution in [2.75, 3.05) is 0 Å². The van der Waals surface area contributed by atoms with Gasteiger partial charge in [-0.25, -0.2) is 0 Å². The molecule has 2 rings (SSSR count). The lowest BCUT2D eigenvalue weighted by molar-refractivity contribution is 0.891. The molecular formula is C10H11NS2. The van der Waals surface area contributed by atoms with Gasteiger partial charge in [-0.2, -0.15) is 11.3 Å². The van der Waals surface area contributed by atoms with E-state index in [1.54, 1.807) is 22.7 Å². The molecule has 2 aromatic heterocycles. The van der Waals surface area contributed by atoms with E-state index in [1.807, 2.05) is 0 Å². The summed E-state index contributed by atoms with van der Waals surface area (Å²) in [4.78, 5) is 1.28. The Morgan fingerprint density at radius 2 is 2.15 bits per heavy atom. The van der Waals surface area contributed by atoms with Gasteiger partial charge in [0.05, 0.1) is 6.04 Å². The summed E-state index contributed by atoms with van der Waals surface area (Å²) in [5.41, 5.74) is 8.64. The van der Waals surface area contributed by atoms with Gasteiger partial charge in [0.2, 0.25) is 0 Å². The molecule has 0 bridgehead atoms. The molecule has 0 aromatic carbocycles. The van der Waals surface area contributed by atoms with Gasteiger partial charge in [0.25, 0.3) is 0 Å². The quantitative estimate of drug-likeness (QED) is 0.807. The van der Waals surface area contributed by atoms with Crippen molar-refractivity contribution in [1.29, 1.82) is 0 Å². The van der Waals surface area contributed by atoms with E-state index < -0.39 is 0 Å². The van der Waals surface area contributed by atoms with Gasteiger partial charge >= 0.3 is 0 Å². The van der Waals surface area contributed by atoms with E-state index in [0.717, 1.165) is 0 Å². The Hall–Kier alpha value is -0.640. The Morgan fingerprint density at radius 3 is 2.69 bits per heavy atom. The van der Waals surface area contributed by atoms with Gasteiger partial charge in [-0.15, -0.1) is 11.3 Å². The van der Waals surface area contributed by atoms with E-state index in [9.17, 15) is 0 Å². The molecule has 0 saturated carbocycles. The highest BCUT2D eigenvalue weighted by molar-refractivity contribution is 7.10. The van der Waals surface area contributed by atoms with Crippen molar-refractivity contribution in [3.63, 3.8) is 0 Å². The third-order valence-electron chi connectivity index (χ3n) is 2.09. The van der Waals surface area contributed by atoms with Gasteiger partial charge in [0.1, 0.15) is 0 Å². The first-order valence-electron chi connectivity index (χ1n) is 4.10. The van der Waals surface area contributed by atoms with Gasteiger partial charge in [0.15, 0.2) is 0 Å². The van der Waals surface area contributed by atoms with Crippen LogP contribution in [0.25, 0.3) is 0 Å². The van der Waals surface area contributed by atoms with Gasteiger partial charge in [-0.3, -0.25) is 0 Å². The topological polar surface area (TPSA) is 26.0 Å². The summed E-state index contributed by atoms with van der Waals surface area (Å²) < 4.78 is 0. The first-order valence-corrected chi connectivity index (χ1v) is 5.93. The van der Waals surface area contributed by atoms with Crippen molar-refractivity contribution >= 4 is 22.7 Å². The average molecular weight is 209 g/mol. The zero-order valence-electron chi connectivity index (χ0n) is 7.36. The fourth-order valence-corrected chi connectivity index (χ4v) is 2.96. The summed E-state index contributed by atoms with van der Waals surface area (Å²) in [6.45, 7) is 2.11. The number of nitrogens with two attached hydrogens (primary N) is 1. The molecule has 0 aliphatic carbocycles. The van der Waals surface area contributed by atoms with Crippen LogP contribution in [-0.2, 0) is 0 Å². The molecule has 0 saturated heterocycles. The summed E-state index contributed by atoms with van der Waals surface area (Å²) in [5.74, 6) is 0. The molecule has 0 amide bonds. The monoisotopic (exact) mass is 209 g/mol. The molecule has 0 aliphatic rings. The smallest absolute Gasteiger partial charge is 0.0656 e. The molecule has 0 spiro atoms. The second-order valence-corrected chi connectivity index (χ2v) is 4.73. The molecular weight excluding hydrogens is 198 g/mol. The fraction of sp³-hybridized carbons (Fsp3) is 0.200. The minimum Gasteiger partial charge on any atom is -0.320 e. The largest absolute Gasteiger partial charge is 0.320 e. The second kappa shape index (κ2) is 3.62. The molecule has 0 aliphatic heterocycles. The first kappa shape index (κ1) is 8.94. The summed E-state index contributed by atoms with van der Waals surface area (Å²) in [6, 6.07) is 4.27. The number of aryl methyl sites for hydroxylation is 1. The van der Waals surface area contributed by atoms with Crippen LogP contribution in [-0.4, -0.2) is 0 Å². The minimum atomic E-state index is 0.0613. The Kier molecular flexibility index (Phi) is 2.49. The van der Waals surface area contributed by atoms with Gasteiger partial charge in [-0.05, 0) is 46.3 Å². The van der Waals surface area contributed by atoms with Crippen molar-refractivity contribution in [2.24, 2.45) is 5.73 Å². The van der Waals surface area contributed by atoms with Gasteiger partial charge in [0, 0.05) is 4.88 Å².